The van der Waals surface area contributed by atoms with Crippen LogP contribution < -0.4 is 4.74 Å². The molecule has 2 rings (SSSR count). The number of halogens is 1. The highest BCUT2D eigenvalue weighted by atomic mass is 79.9. The molecule has 0 spiro atoms. The van der Waals surface area contributed by atoms with Gasteiger partial charge in [-0.15, -0.1) is 0 Å². The van der Waals surface area contributed by atoms with Gasteiger partial charge in [0.25, 0.3) is 0 Å². The molecule has 1 aromatic heterocycles. The van der Waals surface area contributed by atoms with Crippen molar-refractivity contribution in [1.29, 1.82) is 0 Å². The molecule has 0 saturated heterocycles. The number of hydrogen-bond acceptors (Lipinski definition) is 4. The van der Waals surface area contributed by atoms with Crippen LogP contribution in [0, 0.1) is 0 Å². The van der Waals surface area contributed by atoms with Gasteiger partial charge >= 0.3 is 0 Å². The highest BCUT2D eigenvalue weighted by Gasteiger charge is 2.06. The normalized spacial score (nSPS) is 12.1. The van der Waals surface area contributed by atoms with Crippen molar-refractivity contribution in [1.82, 2.24) is 4.98 Å². The fourth-order valence-electron chi connectivity index (χ4n) is 1.74. The smallest absolute Gasteiger partial charge is 0.119 e. The lowest BCUT2D eigenvalue weighted by Gasteiger charge is -2.12. The number of ether oxygens (including phenoxy) is 1. The van der Waals surface area contributed by atoms with E-state index in [1.165, 1.54) is 10.2 Å². The van der Waals surface area contributed by atoms with Crippen molar-refractivity contribution in [3.8, 4) is 5.75 Å². The first-order chi connectivity index (χ1) is 9.78. The largest absolute Gasteiger partial charge is 0.491 e. The van der Waals surface area contributed by atoms with Crippen molar-refractivity contribution in [2.45, 2.75) is 23.8 Å². The molecule has 1 heterocycles. The Labute approximate surface area is 130 Å². The minimum Gasteiger partial charge on any atom is -0.491 e. The van der Waals surface area contributed by atoms with Crippen LogP contribution >= 0.6 is 25.0 Å². The molecule has 2 aromatic rings. The van der Waals surface area contributed by atoms with E-state index < -0.39 is 6.10 Å². The van der Waals surface area contributed by atoms with Crippen LogP contribution in [0.15, 0.2) is 53.7 Å². The summed E-state index contributed by atoms with van der Waals surface area (Å²) in [6.07, 6.45) is 4.57. The molecule has 0 amide bonds. The van der Waals surface area contributed by atoms with Gasteiger partial charge < -0.3 is 9.84 Å². The maximum absolute atomic E-state index is 9.92. The SMILES string of the molecule is O[C@H](CCc1cccnc1)COc1ccc(SBr)cc1. The van der Waals surface area contributed by atoms with E-state index in [-0.39, 0.29) is 0 Å². The van der Waals surface area contributed by atoms with Crippen LogP contribution in [0.2, 0.25) is 0 Å². The molecule has 1 N–H and O–H groups in total. The zero-order valence-corrected chi connectivity index (χ0v) is 13.3. The highest BCUT2D eigenvalue weighted by Crippen LogP contribution is 2.26. The molecular weight excluding hydrogens is 338 g/mol. The predicted octanol–water partition coefficient (Wildman–Crippen LogP) is 3.86. The molecule has 0 unspecified atom stereocenters. The van der Waals surface area contributed by atoms with Gasteiger partial charge in [-0.2, -0.15) is 0 Å². The van der Waals surface area contributed by atoms with Crippen LogP contribution in [-0.2, 0) is 6.42 Å². The third-order valence-corrected chi connectivity index (χ3v) is 4.42. The third kappa shape index (κ3) is 5.15. The summed E-state index contributed by atoms with van der Waals surface area (Å²) in [5.74, 6) is 0.774. The number of aromatic nitrogens is 1. The molecule has 0 bridgehead atoms. The fraction of sp³-hybridized carbons (Fsp3) is 0.267. The van der Waals surface area contributed by atoms with Gasteiger partial charge in [0.2, 0.25) is 0 Å². The monoisotopic (exact) mass is 353 g/mol. The first-order valence-corrected chi connectivity index (χ1v) is 9.02. The van der Waals surface area contributed by atoms with E-state index in [9.17, 15) is 5.11 Å². The van der Waals surface area contributed by atoms with E-state index in [4.69, 9.17) is 4.74 Å². The zero-order chi connectivity index (χ0) is 14.2. The van der Waals surface area contributed by atoms with Crippen LogP contribution in [0.4, 0.5) is 0 Å². The number of aliphatic hydroxyl groups is 1. The second kappa shape index (κ2) is 8.29. The summed E-state index contributed by atoms with van der Waals surface area (Å²) in [6.45, 7) is 0.307. The molecule has 0 fully saturated rings. The second-order valence-electron chi connectivity index (χ2n) is 4.41. The van der Waals surface area contributed by atoms with Crippen molar-refractivity contribution in [3.63, 3.8) is 0 Å². The maximum Gasteiger partial charge on any atom is 0.119 e. The topological polar surface area (TPSA) is 42.4 Å². The van der Waals surface area contributed by atoms with Gasteiger partial charge in [-0.1, -0.05) is 6.07 Å². The number of rotatable bonds is 7. The van der Waals surface area contributed by atoms with Gasteiger partial charge in [-0.25, -0.2) is 0 Å². The molecule has 1 aromatic carbocycles. The Morgan fingerprint density at radius 1 is 1.25 bits per heavy atom. The molecule has 20 heavy (non-hydrogen) atoms. The van der Waals surface area contributed by atoms with Gasteiger partial charge in [-0.3, -0.25) is 4.98 Å². The molecule has 106 valence electrons. The second-order valence-corrected chi connectivity index (χ2v) is 6.01. The van der Waals surface area contributed by atoms with Crippen molar-refractivity contribution in [2.75, 3.05) is 6.61 Å². The molecule has 1 atom stereocenters. The number of pyridine rings is 1. The van der Waals surface area contributed by atoms with Crippen molar-refractivity contribution < 1.29 is 9.84 Å². The van der Waals surface area contributed by atoms with E-state index in [2.05, 4.69) is 19.8 Å². The van der Waals surface area contributed by atoms with Crippen LogP contribution in [0.1, 0.15) is 12.0 Å². The summed E-state index contributed by atoms with van der Waals surface area (Å²) in [6, 6.07) is 11.7. The Hall–Kier alpha value is -1.04. The lowest BCUT2D eigenvalue weighted by Crippen LogP contribution is -2.18. The van der Waals surface area contributed by atoms with Crippen LogP contribution in [0.5, 0.6) is 5.75 Å². The lowest BCUT2D eigenvalue weighted by atomic mass is 10.1. The number of benzene rings is 1. The van der Waals surface area contributed by atoms with Gasteiger partial charge in [0.05, 0.1) is 6.10 Å². The van der Waals surface area contributed by atoms with Crippen molar-refractivity contribution in [3.05, 3.63) is 54.4 Å². The molecule has 3 nitrogen and oxygen atoms in total. The summed E-state index contributed by atoms with van der Waals surface area (Å²) < 4.78 is 5.57. The average molecular weight is 354 g/mol. The standard InChI is InChI=1S/C15H16BrNO2S/c16-20-15-7-5-14(6-8-15)19-11-13(18)4-3-12-2-1-9-17-10-12/h1-2,5-10,13,18H,3-4,11H2/t13-/m1/s1. The molecular formula is C15H16BrNO2S. The zero-order valence-electron chi connectivity index (χ0n) is 10.9. The maximum atomic E-state index is 9.92. The first-order valence-electron chi connectivity index (χ1n) is 6.36. The van der Waals surface area contributed by atoms with Crippen LogP contribution in [0.25, 0.3) is 0 Å². The number of aliphatic hydroxyl groups excluding tert-OH is 1. The number of nitrogens with zero attached hydrogens (tertiary/aromatic N) is 1. The van der Waals surface area contributed by atoms with Gasteiger partial charge in [0, 0.05) is 17.3 Å². The molecule has 0 aliphatic carbocycles. The molecule has 0 saturated carbocycles. The molecule has 0 aliphatic rings. The highest BCUT2D eigenvalue weighted by molar-refractivity contribution is 9.50. The molecule has 0 aliphatic heterocycles. The summed E-state index contributed by atoms with van der Waals surface area (Å²) in [5.41, 5.74) is 1.13. The van der Waals surface area contributed by atoms with Crippen LogP contribution in [-0.4, -0.2) is 22.8 Å². The predicted molar refractivity (Wildman–Crippen MR) is 85.3 cm³/mol. The lowest BCUT2D eigenvalue weighted by molar-refractivity contribution is 0.100. The third-order valence-electron chi connectivity index (χ3n) is 2.84. The Kier molecular flexibility index (Phi) is 6.36. The summed E-state index contributed by atoms with van der Waals surface area (Å²) in [7, 11) is 1.51. The summed E-state index contributed by atoms with van der Waals surface area (Å²) >= 11 is 3.32. The Balaban J connectivity index is 1.73. The Morgan fingerprint density at radius 2 is 2.05 bits per heavy atom. The first kappa shape index (κ1) is 15.4. The molecule has 0 radical (unpaired) electrons. The van der Waals surface area contributed by atoms with E-state index in [0.29, 0.717) is 13.0 Å². The van der Waals surface area contributed by atoms with Gasteiger partial charge in [-0.05, 0) is 73.7 Å². The summed E-state index contributed by atoms with van der Waals surface area (Å²) in [5, 5.41) is 9.92. The van der Waals surface area contributed by atoms with E-state index in [1.54, 1.807) is 6.20 Å². The quantitative estimate of drug-likeness (QED) is 0.820. The van der Waals surface area contributed by atoms with Gasteiger partial charge in [0.1, 0.15) is 12.4 Å². The summed E-state index contributed by atoms with van der Waals surface area (Å²) in [4.78, 5) is 5.17. The van der Waals surface area contributed by atoms with E-state index >= 15 is 0 Å². The Morgan fingerprint density at radius 3 is 2.70 bits per heavy atom. The van der Waals surface area contributed by atoms with Gasteiger partial charge in [0.15, 0.2) is 0 Å². The number of hydrogen-bond donors (Lipinski definition) is 1. The minimum atomic E-state index is -0.472. The van der Waals surface area contributed by atoms with Crippen molar-refractivity contribution in [2.24, 2.45) is 0 Å². The molecule has 5 heteroatoms. The van der Waals surface area contributed by atoms with E-state index in [0.717, 1.165) is 22.6 Å². The van der Waals surface area contributed by atoms with Crippen molar-refractivity contribution >= 4 is 25.0 Å². The van der Waals surface area contributed by atoms with E-state index in [1.807, 2.05) is 42.6 Å². The Bertz CT molecular complexity index is 507. The number of aryl methyl sites for hydroxylation is 1. The average Bonchev–Trinajstić information content (AvgIpc) is 2.52. The fourth-order valence-corrected chi connectivity index (χ4v) is 2.63. The minimum absolute atomic E-state index is 0.307. The van der Waals surface area contributed by atoms with Crippen LogP contribution in [0.3, 0.4) is 0 Å².